The molecule has 1 heterocycles. The van der Waals surface area contributed by atoms with Crippen LogP contribution in [0.4, 0.5) is 0 Å². The van der Waals surface area contributed by atoms with Crippen molar-refractivity contribution in [1.29, 1.82) is 0 Å². The van der Waals surface area contributed by atoms with Gasteiger partial charge in [0.1, 0.15) is 11.5 Å². The lowest BCUT2D eigenvalue weighted by molar-refractivity contribution is 0.0158. The molecule has 1 saturated heterocycles. The predicted octanol–water partition coefficient (Wildman–Crippen LogP) is 6.43. The molecule has 2 aromatic rings. The molecule has 1 aliphatic rings. The van der Waals surface area contributed by atoms with E-state index in [1.165, 1.54) is 0 Å². The molecule has 29 heavy (non-hydrogen) atoms. The summed E-state index contributed by atoms with van der Waals surface area (Å²) >= 11 is 30.7. The fourth-order valence-corrected chi connectivity index (χ4v) is 4.10. The SMILES string of the molecule is O=C(CC(N1CCOCC1)C(Cl)(Cl)Cl)c1ccc(Oc2ccc(Cl)cc2)cc1Cl. The molecular formula is C20H18Cl5NO3. The third kappa shape index (κ3) is 6.38. The van der Waals surface area contributed by atoms with Gasteiger partial charge in [0.25, 0.3) is 0 Å². The summed E-state index contributed by atoms with van der Waals surface area (Å²) in [6, 6.07) is 11.2. The maximum absolute atomic E-state index is 12.9. The van der Waals surface area contributed by atoms with Crippen LogP contribution in [0.25, 0.3) is 0 Å². The van der Waals surface area contributed by atoms with E-state index in [1.54, 1.807) is 42.5 Å². The van der Waals surface area contributed by atoms with Gasteiger partial charge in [0.15, 0.2) is 5.78 Å². The second-order valence-electron chi connectivity index (χ2n) is 6.53. The highest BCUT2D eigenvalue weighted by molar-refractivity contribution is 6.68. The van der Waals surface area contributed by atoms with Gasteiger partial charge in [-0.2, -0.15) is 0 Å². The van der Waals surface area contributed by atoms with E-state index in [9.17, 15) is 4.79 Å². The van der Waals surface area contributed by atoms with Crippen molar-refractivity contribution in [3.8, 4) is 11.5 Å². The van der Waals surface area contributed by atoms with E-state index >= 15 is 0 Å². The third-order valence-corrected chi connectivity index (χ3v) is 5.85. The van der Waals surface area contributed by atoms with Crippen LogP contribution in [0.3, 0.4) is 0 Å². The van der Waals surface area contributed by atoms with Crippen LogP contribution in [-0.4, -0.2) is 46.8 Å². The molecule has 2 aromatic carbocycles. The number of rotatable bonds is 6. The highest BCUT2D eigenvalue weighted by Crippen LogP contribution is 2.37. The summed E-state index contributed by atoms with van der Waals surface area (Å²) in [5.74, 6) is 0.893. The first-order chi connectivity index (χ1) is 13.7. The van der Waals surface area contributed by atoms with E-state index in [0.717, 1.165) is 0 Å². The van der Waals surface area contributed by atoms with Crippen molar-refractivity contribution < 1.29 is 14.3 Å². The molecule has 3 rings (SSSR count). The normalized spacial score (nSPS) is 16.4. The van der Waals surface area contributed by atoms with Crippen LogP contribution in [0.15, 0.2) is 42.5 Å². The van der Waals surface area contributed by atoms with Crippen LogP contribution in [0.1, 0.15) is 16.8 Å². The molecule has 1 atom stereocenters. The summed E-state index contributed by atoms with van der Waals surface area (Å²) < 4.78 is 9.47. The van der Waals surface area contributed by atoms with E-state index in [0.29, 0.717) is 48.4 Å². The smallest absolute Gasteiger partial charge is 0.206 e. The third-order valence-electron chi connectivity index (χ3n) is 4.53. The lowest BCUT2D eigenvalue weighted by atomic mass is 10.0. The van der Waals surface area contributed by atoms with E-state index in [2.05, 4.69) is 0 Å². The average molecular weight is 498 g/mol. The van der Waals surface area contributed by atoms with Crippen molar-refractivity contribution >= 4 is 63.8 Å². The zero-order chi connectivity index (χ0) is 21.0. The fraction of sp³-hybridized carbons (Fsp3) is 0.350. The summed E-state index contributed by atoms with van der Waals surface area (Å²) in [5.41, 5.74) is 0.350. The molecule has 0 saturated carbocycles. The van der Waals surface area contributed by atoms with Crippen molar-refractivity contribution in [3.05, 3.63) is 58.1 Å². The molecule has 0 aliphatic carbocycles. The van der Waals surface area contributed by atoms with Crippen LogP contribution in [-0.2, 0) is 4.74 Å². The Bertz CT molecular complexity index is 848. The lowest BCUT2D eigenvalue weighted by Crippen LogP contribution is -2.50. The molecular weight excluding hydrogens is 479 g/mol. The Morgan fingerprint density at radius 1 is 1.03 bits per heavy atom. The van der Waals surface area contributed by atoms with Crippen LogP contribution < -0.4 is 4.74 Å². The summed E-state index contributed by atoms with van der Waals surface area (Å²) in [5, 5.41) is 0.881. The van der Waals surface area contributed by atoms with Gasteiger partial charge in [-0.1, -0.05) is 58.0 Å². The molecule has 0 aromatic heterocycles. The van der Waals surface area contributed by atoms with Crippen LogP contribution in [0, 0.1) is 0 Å². The largest absolute Gasteiger partial charge is 0.457 e. The van der Waals surface area contributed by atoms with Gasteiger partial charge in [-0.25, -0.2) is 0 Å². The molecule has 0 spiro atoms. The van der Waals surface area contributed by atoms with Crippen LogP contribution in [0.5, 0.6) is 11.5 Å². The number of morpholine rings is 1. The maximum atomic E-state index is 12.9. The summed E-state index contributed by atoms with van der Waals surface area (Å²) in [6.45, 7) is 2.24. The first kappa shape index (κ1) is 23.0. The van der Waals surface area contributed by atoms with Gasteiger partial charge in [-0.15, -0.1) is 0 Å². The monoisotopic (exact) mass is 495 g/mol. The number of hydrogen-bond acceptors (Lipinski definition) is 4. The van der Waals surface area contributed by atoms with Crippen molar-refractivity contribution in [2.75, 3.05) is 26.3 Å². The first-order valence-electron chi connectivity index (χ1n) is 8.89. The number of carbonyl (C=O) groups is 1. The molecule has 1 fully saturated rings. The van der Waals surface area contributed by atoms with Gasteiger partial charge in [0.2, 0.25) is 3.79 Å². The Labute approximate surface area is 194 Å². The van der Waals surface area contributed by atoms with Gasteiger partial charge in [0, 0.05) is 36.2 Å². The number of alkyl halides is 3. The molecule has 0 radical (unpaired) electrons. The van der Waals surface area contributed by atoms with Crippen molar-refractivity contribution in [1.82, 2.24) is 4.90 Å². The van der Waals surface area contributed by atoms with Crippen LogP contribution >= 0.6 is 58.0 Å². The topological polar surface area (TPSA) is 38.8 Å². The molecule has 9 heteroatoms. The number of ketones is 1. The number of Topliss-reactive ketones (excluding diaryl/α,β-unsaturated/α-hetero) is 1. The Balaban J connectivity index is 1.73. The van der Waals surface area contributed by atoms with Gasteiger partial charge in [-0.3, -0.25) is 9.69 Å². The van der Waals surface area contributed by atoms with E-state index < -0.39 is 9.83 Å². The summed E-state index contributed by atoms with van der Waals surface area (Å²) in [4.78, 5) is 14.9. The predicted molar refractivity (Wildman–Crippen MR) is 118 cm³/mol. The Morgan fingerprint density at radius 2 is 1.66 bits per heavy atom. The lowest BCUT2D eigenvalue weighted by Gasteiger charge is -2.37. The van der Waals surface area contributed by atoms with Gasteiger partial charge in [0.05, 0.1) is 24.3 Å². The first-order valence-corrected chi connectivity index (χ1v) is 10.8. The standard InChI is InChI=1S/C20H18Cl5NO3/c21-13-1-3-14(4-2-13)29-15-5-6-16(17(22)11-15)18(27)12-19(20(23,24)25)26-7-9-28-10-8-26/h1-6,11,19H,7-10,12H2. The highest BCUT2D eigenvalue weighted by Gasteiger charge is 2.39. The van der Waals surface area contributed by atoms with E-state index in [1.807, 2.05) is 4.90 Å². The Morgan fingerprint density at radius 3 is 2.24 bits per heavy atom. The number of ether oxygens (including phenoxy) is 2. The minimum Gasteiger partial charge on any atom is -0.457 e. The number of carbonyl (C=O) groups excluding carboxylic acids is 1. The molecule has 0 bridgehead atoms. The van der Waals surface area contributed by atoms with E-state index in [-0.39, 0.29) is 17.2 Å². The molecule has 1 aliphatic heterocycles. The fourth-order valence-electron chi connectivity index (χ4n) is 3.05. The number of benzene rings is 2. The Hall–Kier alpha value is -0.720. The maximum Gasteiger partial charge on any atom is 0.206 e. The quantitative estimate of drug-likeness (QED) is 0.341. The van der Waals surface area contributed by atoms with Crippen molar-refractivity contribution in [3.63, 3.8) is 0 Å². The number of nitrogens with zero attached hydrogens (tertiary/aromatic N) is 1. The zero-order valence-electron chi connectivity index (χ0n) is 15.2. The number of hydrogen-bond donors (Lipinski definition) is 0. The molecule has 0 N–H and O–H groups in total. The van der Waals surface area contributed by atoms with E-state index in [4.69, 9.17) is 67.5 Å². The molecule has 0 amide bonds. The van der Waals surface area contributed by atoms with Gasteiger partial charge in [-0.05, 0) is 36.4 Å². The summed E-state index contributed by atoms with van der Waals surface area (Å²) in [7, 11) is 0. The second kappa shape index (κ2) is 10.1. The second-order valence-corrected chi connectivity index (χ2v) is 9.74. The minimum atomic E-state index is -1.61. The van der Waals surface area contributed by atoms with Crippen LogP contribution in [0.2, 0.25) is 10.0 Å². The molecule has 1 unspecified atom stereocenters. The Kier molecular flexibility index (Phi) is 7.96. The summed E-state index contributed by atoms with van der Waals surface area (Å²) in [6.07, 6.45) is 0.0214. The highest BCUT2D eigenvalue weighted by atomic mass is 35.6. The molecule has 156 valence electrons. The van der Waals surface area contributed by atoms with Gasteiger partial charge >= 0.3 is 0 Å². The van der Waals surface area contributed by atoms with Crippen molar-refractivity contribution in [2.45, 2.75) is 16.3 Å². The van der Waals surface area contributed by atoms with Gasteiger partial charge < -0.3 is 9.47 Å². The minimum absolute atomic E-state index is 0.0214. The average Bonchev–Trinajstić information content (AvgIpc) is 2.67. The number of halogens is 5. The zero-order valence-corrected chi connectivity index (χ0v) is 19.0. The molecule has 4 nitrogen and oxygen atoms in total. The van der Waals surface area contributed by atoms with Crippen molar-refractivity contribution in [2.24, 2.45) is 0 Å².